The maximum Gasteiger partial charge on any atom is 0.119 e. The second-order valence-electron chi connectivity index (χ2n) is 4.75. The molecule has 0 aliphatic heterocycles. The highest BCUT2D eigenvalue weighted by Crippen LogP contribution is 2.23. The lowest BCUT2D eigenvalue weighted by Crippen LogP contribution is -2.46. The van der Waals surface area contributed by atoms with E-state index in [0.29, 0.717) is 12.6 Å². The SMILES string of the molecule is CCOc1ccc(C(C)(CO)NC(C)C)cc1. The van der Waals surface area contributed by atoms with Crippen molar-refractivity contribution in [3.8, 4) is 5.75 Å². The van der Waals surface area contributed by atoms with Crippen molar-refractivity contribution in [1.82, 2.24) is 5.32 Å². The van der Waals surface area contributed by atoms with Crippen molar-refractivity contribution >= 4 is 0 Å². The number of nitrogens with one attached hydrogen (secondary N) is 1. The van der Waals surface area contributed by atoms with Crippen molar-refractivity contribution in [3.63, 3.8) is 0 Å². The van der Waals surface area contributed by atoms with E-state index in [9.17, 15) is 5.11 Å². The minimum Gasteiger partial charge on any atom is -0.494 e. The molecule has 1 aromatic rings. The Morgan fingerprint density at radius 1 is 1.29 bits per heavy atom. The Kier molecular flexibility index (Phi) is 4.97. The van der Waals surface area contributed by atoms with E-state index >= 15 is 0 Å². The van der Waals surface area contributed by atoms with Crippen LogP contribution in [0.1, 0.15) is 33.3 Å². The van der Waals surface area contributed by atoms with Gasteiger partial charge in [-0.3, -0.25) is 0 Å². The van der Waals surface area contributed by atoms with E-state index in [1.54, 1.807) is 0 Å². The summed E-state index contributed by atoms with van der Waals surface area (Å²) in [4.78, 5) is 0. The number of rotatable bonds is 6. The van der Waals surface area contributed by atoms with Crippen LogP contribution in [-0.4, -0.2) is 24.4 Å². The highest BCUT2D eigenvalue weighted by molar-refractivity contribution is 5.31. The molecule has 96 valence electrons. The van der Waals surface area contributed by atoms with Crippen molar-refractivity contribution in [2.45, 2.75) is 39.3 Å². The molecule has 2 N–H and O–H groups in total. The summed E-state index contributed by atoms with van der Waals surface area (Å²) in [6, 6.07) is 8.19. The molecule has 0 radical (unpaired) electrons. The van der Waals surface area contributed by atoms with Crippen LogP contribution in [0.25, 0.3) is 0 Å². The number of aliphatic hydroxyl groups is 1. The highest BCUT2D eigenvalue weighted by Gasteiger charge is 2.26. The lowest BCUT2D eigenvalue weighted by atomic mass is 9.92. The molecule has 3 heteroatoms. The van der Waals surface area contributed by atoms with Gasteiger partial charge >= 0.3 is 0 Å². The zero-order valence-electron chi connectivity index (χ0n) is 11.2. The first kappa shape index (κ1) is 14.0. The number of aliphatic hydroxyl groups excluding tert-OH is 1. The van der Waals surface area contributed by atoms with Crippen molar-refractivity contribution in [3.05, 3.63) is 29.8 Å². The van der Waals surface area contributed by atoms with Crippen LogP contribution in [0, 0.1) is 0 Å². The molecule has 17 heavy (non-hydrogen) atoms. The third-order valence-corrected chi connectivity index (χ3v) is 2.73. The monoisotopic (exact) mass is 237 g/mol. The first-order valence-corrected chi connectivity index (χ1v) is 6.13. The fourth-order valence-corrected chi connectivity index (χ4v) is 1.94. The van der Waals surface area contributed by atoms with Crippen LogP contribution in [0.3, 0.4) is 0 Å². The lowest BCUT2D eigenvalue weighted by molar-refractivity contribution is 0.166. The standard InChI is InChI=1S/C14H23NO2/c1-5-17-13-8-6-12(7-9-13)14(4,10-16)15-11(2)3/h6-9,11,15-16H,5,10H2,1-4H3. The summed E-state index contributed by atoms with van der Waals surface area (Å²) in [5.41, 5.74) is 0.663. The average molecular weight is 237 g/mol. The van der Waals surface area contributed by atoms with Gasteiger partial charge in [0, 0.05) is 6.04 Å². The lowest BCUT2D eigenvalue weighted by Gasteiger charge is -2.31. The van der Waals surface area contributed by atoms with E-state index < -0.39 is 5.54 Å². The highest BCUT2D eigenvalue weighted by atomic mass is 16.5. The third kappa shape index (κ3) is 3.72. The molecular weight excluding hydrogens is 214 g/mol. The van der Waals surface area contributed by atoms with E-state index in [1.165, 1.54) is 0 Å². The van der Waals surface area contributed by atoms with E-state index in [2.05, 4.69) is 19.2 Å². The van der Waals surface area contributed by atoms with Gasteiger partial charge in [0.25, 0.3) is 0 Å². The van der Waals surface area contributed by atoms with Crippen molar-refractivity contribution in [2.75, 3.05) is 13.2 Å². The largest absolute Gasteiger partial charge is 0.494 e. The van der Waals surface area contributed by atoms with Crippen LogP contribution in [0.5, 0.6) is 5.75 Å². The fourth-order valence-electron chi connectivity index (χ4n) is 1.94. The Hall–Kier alpha value is -1.06. The van der Waals surface area contributed by atoms with Crippen molar-refractivity contribution < 1.29 is 9.84 Å². The Morgan fingerprint density at radius 3 is 2.29 bits per heavy atom. The van der Waals surface area contributed by atoms with E-state index in [-0.39, 0.29) is 6.61 Å². The molecule has 0 saturated carbocycles. The summed E-state index contributed by atoms with van der Waals surface area (Å²) >= 11 is 0. The summed E-state index contributed by atoms with van der Waals surface area (Å²) in [6.07, 6.45) is 0. The second kappa shape index (κ2) is 6.03. The van der Waals surface area contributed by atoms with Crippen molar-refractivity contribution in [2.24, 2.45) is 0 Å². The van der Waals surface area contributed by atoms with Gasteiger partial charge in [-0.2, -0.15) is 0 Å². The van der Waals surface area contributed by atoms with Crippen LogP contribution in [0.2, 0.25) is 0 Å². The Bertz CT molecular complexity index is 335. The molecule has 0 aliphatic carbocycles. The van der Waals surface area contributed by atoms with Crippen LogP contribution >= 0.6 is 0 Å². The van der Waals surface area contributed by atoms with Gasteiger partial charge in [0.05, 0.1) is 18.8 Å². The molecule has 1 unspecified atom stereocenters. The number of ether oxygens (including phenoxy) is 1. The quantitative estimate of drug-likeness (QED) is 0.797. The zero-order valence-corrected chi connectivity index (χ0v) is 11.2. The Morgan fingerprint density at radius 2 is 1.88 bits per heavy atom. The molecule has 3 nitrogen and oxygen atoms in total. The van der Waals surface area contributed by atoms with Crippen LogP contribution in [0.4, 0.5) is 0 Å². The molecule has 0 saturated heterocycles. The smallest absolute Gasteiger partial charge is 0.119 e. The zero-order chi connectivity index (χ0) is 12.9. The molecule has 0 amide bonds. The summed E-state index contributed by atoms with van der Waals surface area (Å²) in [7, 11) is 0. The fraction of sp³-hybridized carbons (Fsp3) is 0.571. The average Bonchev–Trinajstić information content (AvgIpc) is 2.29. The summed E-state index contributed by atoms with van der Waals surface area (Å²) in [5, 5.41) is 12.9. The van der Waals surface area contributed by atoms with Gasteiger partial charge in [0.1, 0.15) is 5.75 Å². The molecule has 1 rings (SSSR count). The third-order valence-electron chi connectivity index (χ3n) is 2.73. The minimum atomic E-state index is -0.404. The van der Waals surface area contributed by atoms with Gasteiger partial charge in [-0.25, -0.2) is 0 Å². The molecule has 0 aliphatic rings. The van der Waals surface area contributed by atoms with Gasteiger partial charge < -0.3 is 15.2 Å². The topological polar surface area (TPSA) is 41.5 Å². The molecule has 1 atom stereocenters. The van der Waals surface area contributed by atoms with Crippen LogP contribution in [0.15, 0.2) is 24.3 Å². The molecular formula is C14H23NO2. The Labute approximate surface area is 104 Å². The first-order valence-electron chi connectivity index (χ1n) is 6.13. The first-order chi connectivity index (χ1) is 8.01. The molecule has 1 aromatic carbocycles. The molecule has 0 bridgehead atoms. The van der Waals surface area contributed by atoms with Gasteiger partial charge in [-0.05, 0) is 45.4 Å². The maximum absolute atomic E-state index is 9.57. The predicted molar refractivity (Wildman–Crippen MR) is 70.3 cm³/mol. The normalized spacial score (nSPS) is 14.7. The molecule has 0 aromatic heterocycles. The predicted octanol–water partition coefficient (Wildman–Crippen LogP) is 2.29. The summed E-state index contributed by atoms with van der Waals surface area (Å²) < 4.78 is 5.41. The van der Waals surface area contributed by atoms with Gasteiger partial charge in [0.15, 0.2) is 0 Å². The van der Waals surface area contributed by atoms with Gasteiger partial charge in [-0.1, -0.05) is 12.1 Å². The minimum absolute atomic E-state index is 0.0686. The van der Waals surface area contributed by atoms with Crippen LogP contribution < -0.4 is 10.1 Å². The molecule has 0 heterocycles. The van der Waals surface area contributed by atoms with Gasteiger partial charge in [-0.15, -0.1) is 0 Å². The summed E-state index contributed by atoms with van der Waals surface area (Å²) in [6.45, 7) is 8.85. The molecule has 0 fully saturated rings. The van der Waals surface area contributed by atoms with E-state index in [1.807, 2.05) is 38.1 Å². The maximum atomic E-state index is 9.57. The van der Waals surface area contributed by atoms with Gasteiger partial charge in [0.2, 0.25) is 0 Å². The number of hydrogen-bond donors (Lipinski definition) is 2. The van der Waals surface area contributed by atoms with E-state index in [4.69, 9.17) is 4.74 Å². The summed E-state index contributed by atoms with van der Waals surface area (Å²) in [5.74, 6) is 0.862. The number of benzene rings is 1. The van der Waals surface area contributed by atoms with Crippen molar-refractivity contribution in [1.29, 1.82) is 0 Å². The van der Waals surface area contributed by atoms with E-state index in [0.717, 1.165) is 11.3 Å². The van der Waals surface area contributed by atoms with Crippen LogP contribution in [-0.2, 0) is 5.54 Å². The number of hydrogen-bond acceptors (Lipinski definition) is 3. The second-order valence-corrected chi connectivity index (χ2v) is 4.75. The Balaban J connectivity index is 2.88. The molecule has 0 spiro atoms.